The molecule has 162 valence electrons. The minimum Gasteiger partial charge on any atom is -0.369 e. The van der Waals surface area contributed by atoms with E-state index in [1.54, 1.807) is 12.1 Å². The molecule has 0 saturated heterocycles. The SMILES string of the molecule is Cc1cc(-c2c(-c3nc(C)cs3)nc(N)n3c(=O)n(CCC(F)(F)F)nc23)cc(C)n1. The van der Waals surface area contributed by atoms with Gasteiger partial charge in [0.15, 0.2) is 5.65 Å². The van der Waals surface area contributed by atoms with Crippen molar-refractivity contribution in [2.24, 2.45) is 0 Å². The van der Waals surface area contributed by atoms with Crippen molar-refractivity contribution in [3.63, 3.8) is 0 Å². The van der Waals surface area contributed by atoms with E-state index in [0.29, 0.717) is 21.8 Å². The van der Waals surface area contributed by atoms with Crippen molar-refractivity contribution in [3.05, 3.63) is 45.1 Å². The number of nitrogens with two attached hydrogens (primary N) is 1. The van der Waals surface area contributed by atoms with Crippen molar-refractivity contribution in [2.45, 2.75) is 39.9 Å². The molecule has 0 aromatic carbocycles. The monoisotopic (exact) mass is 449 g/mol. The molecule has 31 heavy (non-hydrogen) atoms. The summed E-state index contributed by atoms with van der Waals surface area (Å²) in [4.78, 5) is 26.0. The average Bonchev–Trinajstić information content (AvgIpc) is 3.22. The number of hydrogen-bond donors (Lipinski definition) is 1. The van der Waals surface area contributed by atoms with Crippen LogP contribution < -0.4 is 11.4 Å². The first-order chi connectivity index (χ1) is 14.5. The molecular formula is C19H18F3N7OS. The molecule has 0 radical (unpaired) electrons. The fourth-order valence-electron chi connectivity index (χ4n) is 3.34. The van der Waals surface area contributed by atoms with Crippen molar-refractivity contribution >= 4 is 22.9 Å². The summed E-state index contributed by atoms with van der Waals surface area (Å²) in [6.07, 6.45) is -5.61. The van der Waals surface area contributed by atoms with Crippen LogP contribution >= 0.6 is 11.3 Å². The van der Waals surface area contributed by atoms with Crippen molar-refractivity contribution in [2.75, 3.05) is 5.73 Å². The van der Waals surface area contributed by atoms with Crippen molar-refractivity contribution in [3.8, 4) is 21.8 Å². The first kappa shape index (κ1) is 21.0. The number of alkyl halides is 3. The van der Waals surface area contributed by atoms with E-state index in [2.05, 4.69) is 20.1 Å². The van der Waals surface area contributed by atoms with Crippen LogP contribution in [0.25, 0.3) is 27.5 Å². The van der Waals surface area contributed by atoms with Crippen LogP contribution in [0.3, 0.4) is 0 Å². The second-order valence-corrected chi connectivity index (χ2v) is 8.01. The molecule has 4 rings (SSSR count). The van der Waals surface area contributed by atoms with Crippen LogP contribution in [0, 0.1) is 20.8 Å². The zero-order valence-corrected chi connectivity index (χ0v) is 17.7. The summed E-state index contributed by atoms with van der Waals surface area (Å²) in [7, 11) is 0. The van der Waals surface area contributed by atoms with Crippen LogP contribution in [0.5, 0.6) is 0 Å². The third kappa shape index (κ3) is 4.02. The fraction of sp³-hybridized carbons (Fsp3) is 0.316. The summed E-state index contributed by atoms with van der Waals surface area (Å²) in [5.74, 6) is -0.174. The Morgan fingerprint density at radius 3 is 2.32 bits per heavy atom. The van der Waals surface area contributed by atoms with Crippen LogP contribution in [0.4, 0.5) is 19.1 Å². The number of aromatic nitrogens is 6. The molecule has 0 atom stereocenters. The quantitative estimate of drug-likeness (QED) is 0.511. The van der Waals surface area contributed by atoms with E-state index < -0.39 is 24.8 Å². The lowest BCUT2D eigenvalue weighted by atomic mass is 10.0. The van der Waals surface area contributed by atoms with Crippen molar-refractivity contribution in [1.29, 1.82) is 0 Å². The highest BCUT2D eigenvalue weighted by molar-refractivity contribution is 7.13. The van der Waals surface area contributed by atoms with Gasteiger partial charge in [0, 0.05) is 22.5 Å². The Labute approximate surface area is 178 Å². The largest absolute Gasteiger partial charge is 0.390 e. The third-order valence-corrected chi connectivity index (χ3v) is 5.52. The molecule has 0 aliphatic rings. The zero-order valence-electron chi connectivity index (χ0n) is 16.9. The van der Waals surface area contributed by atoms with E-state index in [1.807, 2.05) is 26.2 Å². The Balaban J connectivity index is 2.05. The lowest BCUT2D eigenvalue weighted by molar-refractivity contribution is -0.137. The van der Waals surface area contributed by atoms with Crippen LogP contribution in [0.2, 0.25) is 0 Å². The Hall–Kier alpha value is -3.28. The lowest BCUT2D eigenvalue weighted by Crippen LogP contribution is -2.25. The van der Waals surface area contributed by atoms with Gasteiger partial charge in [0.25, 0.3) is 0 Å². The Bertz CT molecular complexity index is 1330. The van der Waals surface area contributed by atoms with Gasteiger partial charge in [-0.3, -0.25) is 4.98 Å². The summed E-state index contributed by atoms with van der Waals surface area (Å²) < 4.78 is 40.0. The number of fused-ring (bicyclic) bond motifs is 1. The Kier molecular flexibility index (Phi) is 5.04. The number of nitrogen functional groups attached to an aromatic ring is 1. The van der Waals surface area contributed by atoms with Crippen molar-refractivity contribution in [1.82, 2.24) is 29.1 Å². The minimum absolute atomic E-state index is 0.118. The summed E-state index contributed by atoms with van der Waals surface area (Å²) in [5.41, 5.74) is 9.14. The third-order valence-electron chi connectivity index (χ3n) is 4.55. The number of halogens is 3. The van der Waals surface area contributed by atoms with Gasteiger partial charge in [-0.1, -0.05) is 0 Å². The van der Waals surface area contributed by atoms with Crippen LogP contribution in [0.1, 0.15) is 23.5 Å². The molecule has 4 aromatic heterocycles. The normalized spacial score (nSPS) is 12.1. The molecule has 0 fully saturated rings. The molecular weight excluding hydrogens is 431 g/mol. The summed E-state index contributed by atoms with van der Waals surface area (Å²) in [5, 5.41) is 6.62. The first-order valence-electron chi connectivity index (χ1n) is 9.27. The Morgan fingerprint density at radius 1 is 1.06 bits per heavy atom. The van der Waals surface area contributed by atoms with Gasteiger partial charge in [0.05, 0.1) is 18.5 Å². The first-order valence-corrected chi connectivity index (χ1v) is 10.2. The highest BCUT2D eigenvalue weighted by Crippen LogP contribution is 2.36. The predicted molar refractivity (Wildman–Crippen MR) is 111 cm³/mol. The number of aryl methyl sites for hydroxylation is 4. The maximum Gasteiger partial charge on any atom is 0.390 e. The average molecular weight is 449 g/mol. The molecule has 4 aromatic rings. The summed E-state index contributed by atoms with van der Waals surface area (Å²) in [6, 6.07) is 3.59. The number of thiazole rings is 1. The van der Waals surface area contributed by atoms with E-state index in [-0.39, 0.29) is 11.6 Å². The maximum atomic E-state index is 12.8. The highest BCUT2D eigenvalue weighted by atomic mass is 32.1. The molecule has 0 unspecified atom stereocenters. The van der Waals surface area contributed by atoms with E-state index in [0.717, 1.165) is 26.2 Å². The number of hydrogen-bond acceptors (Lipinski definition) is 7. The summed E-state index contributed by atoms with van der Waals surface area (Å²) >= 11 is 1.35. The van der Waals surface area contributed by atoms with E-state index >= 15 is 0 Å². The molecule has 0 spiro atoms. The molecule has 0 aliphatic heterocycles. The smallest absolute Gasteiger partial charge is 0.369 e. The minimum atomic E-state index is -4.43. The molecule has 0 bridgehead atoms. The van der Waals surface area contributed by atoms with E-state index in [9.17, 15) is 18.0 Å². The lowest BCUT2D eigenvalue weighted by Gasteiger charge is -2.11. The predicted octanol–water partition coefficient (Wildman–Crippen LogP) is 3.54. The van der Waals surface area contributed by atoms with Gasteiger partial charge in [-0.25, -0.2) is 23.8 Å². The molecule has 0 amide bonds. The zero-order chi connectivity index (χ0) is 22.5. The van der Waals surface area contributed by atoms with Crippen LogP contribution in [0.15, 0.2) is 22.3 Å². The molecule has 0 aliphatic carbocycles. The van der Waals surface area contributed by atoms with Crippen molar-refractivity contribution < 1.29 is 13.2 Å². The number of anilines is 1. The molecule has 12 heteroatoms. The van der Waals surface area contributed by atoms with E-state index in [4.69, 9.17) is 5.73 Å². The number of pyridine rings is 1. The number of nitrogens with zero attached hydrogens (tertiary/aromatic N) is 6. The molecule has 8 nitrogen and oxygen atoms in total. The maximum absolute atomic E-state index is 12.8. The fourth-order valence-corrected chi connectivity index (χ4v) is 4.13. The Morgan fingerprint density at radius 2 is 1.74 bits per heavy atom. The topological polar surface area (TPSA) is 104 Å². The standard InChI is InChI=1S/C19H18F3N7OS/c1-9-6-12(7-10(2)24-9)13-14(16-25-11(3)8-31-16)26-17(23)29-15(13)27-28(18(29)30)5-4-19(20,21)22/h6-8H,4-5H2,1-3H3,(H2,23,26). The van der Waals surface area contributed by atoms with Crippen LogP contribution in [-0.2, 0) is 6.54 Å². The van der Waals surface area contributed by atoms with Gasteiger partial charge in [-0.05, 0) is 38.5 Å². The van der Waals surface area contributed by atoms with Gasteiger partial charge in [0.1, 0.15) is 10.7 Å². The second kappa shape index (κ2) is 7.45. The van der Waals surface area contributed by atoms with Gasteiger partial charge >= 0.3 is 11.9 Å². The molecule has 0 saturated carbocycles. The van der Waals surface area contributed by atoms with Gasteiger partial charge in [0.2, 0.25) is 5.95 Å². The number of rotatable bonds is 4. The van der Waals surface area contributed by atoms with Gasteiger partial charge in [-0.2, -0.15) is 13.2 Å². The highest BCUT2D eigenvalue weighted by Gasteiger charge is 2.29. The van der Waals surface area contributed by atoms with Crippen LogP contribution in [-0.4, -0.2) is 35.3 Å². The molecule has 4 heterocycles. The van der Waals surface area contributed by atoms with E-state index in [1.165, 1.54) is 11.3 Å². The molecule has 2 N–H and O–H groups in total. The van der Waals surface area contributed by atoms with Gasteiger partial charge < -0.3 is 5.73 Å². The van der Waals surface area contributed by atoms with Gasteiger partial charge in [-0.15, -0.1) is 16.4 Å². The second-order valence-electron chi connectivity index (χ2n) is 7.16. The summed E-state index contributed by atoms with van der Waals surface area (Å²) in [6.45, 7) is 4.85.